The molecule has 0 saturated heterocycles. The fourth-order valence-electron chi connectivity index (χ4n) is 6.59. The zero-order chi connectivity index (χ0) is 27.6. The lowest BCUT2D eigenvalue weighted by atomic mass is 10.0. The number of fused-ring (bicyclic) bond motifs is 8. The largest absolute Gasteiger partial charge is 0.309 e. The average Bonchev–Trinajstić information content (AvgIpc) is 3.57. The van der Waals surface area contributed by atoms with Gasteiger partial charge in [-0.3, -0.25) is 9.55 Å². The monoisotopic (exact) mass is 536 g/mol. The molecule has 0 saturated carbocycles. The zero-order valence-electron chi connectivity index (χ0n) is 22.6. The molecule has 0 fully saturated rings. The van der Waals surface area contributed by atoms with E-state index in [2.05, 4.69) is 129 Å². The van der Waals surface area contributed by atoms with Crippen LogP contribution in [0.25, 0.3) is 77.0 Å². The topological polar surface area (TPSA) is 35.6 Å². The van der Waals surface area contributed by atoms with Crippen molar-refractivity contribution < 1.29 is 0 Å². The van der Waals surface area contributed by atoms with Crippen LogP contribution in [0.4, 0.5) is 0 Å². The third-order valence-corrected chi connectivity index (χ3v) is 8.43. The van der Waals surface area contributed by atoms with Crippen molar-refractivity contribution in [2.75, 3.05) is 0 Å². The second-order valence-electron chi connectivity index (χ2n) is 10.7. The van der Waals surface area contributed by atoms with Crippen LogP contribution in [0.5, 0.6) is 0 Å². The zero-order valence-corrected chi connectivity index (χ0v) is 22.6. The molecule has 0 aliphatic heterocycles. The molecule has 4 heterocycles. The van der Waals surface area contributed by atoms with Crippen LogP contribution in [0.2, 0.25) is 0 Å². The molecule has 0 bridgehead atoms. The molecule has 0 N–H and O–H groups in total. The summed E-state index contributed by atoms with van der Waals surface area (Å²) in [5.74, 6) is 0.887. The summed E-state index contributed by atoms with van der Waals surface area (Å²) in [4.78, 5) is 9.23. The summed E-state index contributed by atoms with van der Waals surface area (Å²) >= 11 is 0. The van der Waals surface area contributed by atoms with Gasteiger partial charge in [0, 0.05) is 56.8 Å². The minimum Gasteiger partial charge on any atom is -0.309 e. The molecule has 0 unspecified atom stereocenters. The van der Waals surface area contributed by atoms with Gasteiger partial charge in [-0.05, 0) is 65.5 Å². The van der Waals surface area contributed by atoms with Gasteiger partial charge in [-0.25, -0.2) is 4.98 Å². The Kier molecular flexibility index (Phi) is 4.87. The molecular formula is C38H24N4. The van der Waals surface area contributed by atoms with E-state index in [0.717, 1.165) is 33.7 Å². The lowest BCUT2D eigenvalue weighted by Gasteiger charge is -2.12. The standard InChI is InChI=1S/C38H24N4/c1-2-10-28(11-3-1)41-34-14-6-4-12-29(34)31-17-16-26-21-33-30-13-5-7-15-35(30)42(36(33)23-32(26)38(31)41)37-22-25(18-20-40-37)27-9-8-19-39-24-27/h1-24H. The van der Waals surface area contributed by atoms with E-state index in [-0.39, 0.29) is 0 Å². The molecule has 4 aromatic heterocycles. The molecule has 5 aromatic carbocycles. The molecule has 0 aliphatic carbocycles. The number of rotatable bonds is 3. The van der Waals surface area contributed by atoms with Crippen molar-refractivity contribution in [2.24, 2.45) is 0 Å². The number of hydrogen-bond donors (Lipinski definition) is 0. The summed E-state index contributed by atoms with van der Waals surface area (Å²) in [5.41, 5.74) is 8.01. The minimum absolute atomic E-state index is 0.887. The summed E-state index contributed by atoms with van der Waals surface area (Å²) < 4.78 is 4.71. The maximum absolute atomic E-state index is 4.89. The first-order valence-corrected chi connectivity index (χ1v) is 14.2. The van der Waals surface area contributed by atoms with Gasteiger partial charge >= 0.3 is 0 Å². The molecule has 4 nitrogen and oxygen atoms in total. The van der Waals surface area contributed by atoms with Crippen LogP contribution < -0.4 is 0 Å². The highest BCUT2D eigenvalue weighted by Crippen LogP contribution is 2.40. The lowest BCUT2D eigenvalue weighted by molar-refractivity contribution is 1.08. The number of pyridine rings is 2. The summed E-state index contributed by atoms with van der Waals surface area (Å²) in [6.45, 7) is 0. The molecule has 196 valence electrons. The molecule has 42 heavy (non-hydrogen) atoms. The Morgan fingerprint density at radius 1 is 0.452 bits per heavy atom. The fourth-order valence-corrected chi connectivity index (χ4v) is 6.59. The molecular weight excluding hydrogens is 512 g/mol. The third-order valence-electron chi connectivity index (χ3n) is 8.43. The van der Waals surface area contributed by atoms with Crippen LogP contribution in [0.1, 0.15) is 0 Å². The summed E-state index contributed by atoms with van der Waals surface area (Å²) in [6, 6.07) is 45.5. The van der Waals surface area contributed by atoms with E-state index >= 15 is 0 Å². The van der Waals surface area contributed by atoms with Gasteiger partial charge in [0.05, 0.1) is 22.1 Å². The first-order chi connectivity index (χ1) is 20.8. The molecule has 9 aromatic rings. The van der Waals surface area contributed by atoms with Gasteiger partial charge in [0.25, 0.3) is 0 Å². The molecule has 9 rings (SSSR count). The number of nitrogens with zero attached hydrogens (tertiary/aromatic N) is 4. The van der Waals surface area contributed by atoms with Gasteiger partial charge in [-0.15, -0.1) is 0 Å². The Morgan fingerprint density at radius 2 is 1.21 bits per heavy atom. The predicted octanol–water partition coefficient (Wildman–Crippen LogP) is 9.49. The highest BCUT2D eigenvalue weighted by molar-refractivity contribution is 6.22. The SMILES string of the molecule is c1ccc(-n2c3ccccc3c3ccc4cc5c6ccccc6n(-c6cc(-c7cccnc7)ccn6)c5cc4c32)cc1. The average molecular weight is 537 g/mol. The van der Waals surface area contributed by atoms with Gasteiger partial charge in [0.15, 0.2) is 0 Å². The lowest BCUT2D eigenvalue weighted by Crippen LogP contribution is -1.98. The molecule has 0 aliphatic rings. The fraction of sp³-hybridized carbons (Fsp3) is 0. The number of benzene rings is 5. The second kappa shape index (κ2) is 8.88. The predicted molar refractivity (Wildman–Crippen MR) is 174 cm³/mol. The Bertz CT molecular complexity index is 2450. The van der Waals surface area contributed by atoms with Crippen LogP contribution in [0, 0.1) is 0 Å². The van der Waals surface area contributed by atoms with Crippen LogP contribution in [0.3, 0.4) is 0 Å². The minimum atomic E-state index is 0.887. The van der Waals surface area contributed by atoms with E-state index in [1.165, 1.54) is 43.4 Å². The second-order valence-corrected chi connectivity index (χ2v) is 10.7. The highest BCUT2D eigenvalue weighted by atomic mass is 15.1. The first-order valence-electron chi connectivity index (χ1n) is 14.2. The first kappa shape index (κ1) is 23.0. The molecule has 0 amide bonds. The van der Waals surface area contributed by atoms with E-state index in [1.54, 1.807) is 6.20 Å². The molecule has 4 heteroatoms. The number of para-hydroxylation sites is 3. The molecule has 0 atom stereocenters. The van der Waals surface area contributed by atoms with Crippen molar-refractivity contribution in [2.45, 2.75) is 0 Å². The quantitative estimate of drug-likeness (QED) is 0.225. The van der Waals surface area contributed by atoms with Gasteiger partial charge < -0.3 is 4.57 Å². The van der Waals surface area contributed by atoms with E-state index in [1.807, 2.05) is 24.5 Å². The smallest absolute Gasteiger partial charge is 0.138 e. The maximum atomic E-state index is 4.89. The van der Waals surface area contributed by atoms with Crippen LogP contribution >= 0.6 is 0 Å². The highest BCUT2D eigenvalue weighted by Gasteiger charge is 2.19. The van der Waals surface area contributed by atoms with E-state index in [0.29, 0.717) is 0 Å². The van der Waals surface area contributed by atoms with Gasteiger partial charge in [-0.1, -0.05) is 72.8 Å². The Morgan fingerprint density at radius 3 is 2.02 bits per heavy atom. The summed E-state index contributed by atoms with van der Waals surface area (Å²) in [7, 11) is 0. The van der Waals surface area contributed by atoms with Crippen molar-refractivity contribution in [3.8, 4) is 22.6 Å². The number of hydrogen-bond acceptors (Lipinski definition) is 2. The van der Waals surface area contributed by atoms with Crippen molar-refractivity contribution in [3.63, 3.8) is 0 Å². The molecule has 0 spiro atoms. The molecule has 0 radical (unpaired) electrons. The van der Waals surface area contributed by atoms with Crippen LogP contribution in [0.15, 0.2) is 146 Å². The number of aromatic nitrogens is 4. The van der Waals surface area contributed by atoms with Crippen LogP contribution in [-0.2, 0) is 0 Å². The van der Waals surface area contributed by atoms with Crippen molar-refractivity contribution in [1.82, 2.24) is 19.1 Å². The summed E-state index contributed by atoms with van der Waals surface area (Å²) in [5, 5.41) is 7.37. The Labute approximate surface area is 241 Å². The maximum Gasteiger partial charge on any atom is 0.138 e. The van der Waals surface area contributed by atoms with Gasteiger partial charge in [0.2, 0.25) is 0 Å². The normalized spacial score (nSPS) is 11.8. The van der Waals surface area contributed by atoms with E-state index in [4.69, 9.17) is 4.98 Å². The van der Waals surface area contributed by atoms with E-state index < -0.39 is 0 Å². The summed E-state index contributed by atoms with van der Waals surface area (Å²) in [6.07, 6.45) is 5.60. The van der Waals surface area contributed by atoms with Gasteiger partial charge in [0.1, 0.15) is 5.82 Å². The van der Waals surface area contributed by atoms with Crippen molar-refractivity contribution >= 4 is 54.4 Å². The van der Waals surface area contributed by atoms with Gasteiger partial charge in [-0.2, -0.15) is 0 Å². The third kappa shape index (κ3) is 3.29. The van der Waals surface area contributed by atoms with Crippen LogP contribution in [-0.4, -0.2) is 19.1 Å². The Balaban J connectivity index is 1.42. The Hall–Kier alpha value is -5.74. The van der Waals surface area contributed by atoms with Crippen molar-refractivity contribution in [3.05, 3.63) is 146 Å². The van der Waals surface area contributed by atoms with E-state index in [9.17, 15) is 0 Å². The van der Waals surface area contributed by atoms with Crippen molar-refractivity contribution in [1.29, 1.82) is 0 Å².